The second-order valence-corrected chi connectivity index (χ2v) is 5.29. The minimum absolute atomic E-state index is 0.0534. The van der Waals surface area contributed by atoms with Crippen LogP contribution in [0.3, 0.4) is 0 Å². The summed E-state index contributed by atoms with van der Waals surface area (Å²) in [6.07, 6.45) is 3.45. The summed E-state index contributed by atoms with van der Waals surface area (Å²) >= 11 is 0. The van der Waals surface area contributed by atoms with E-state index in [1.165, 1.54) is 0 Å². The highest BCUT2D eigenvalue weighted by Crippen LogP contribution is 2.19. The third-order valence-corrected chi connectivity index (χ3v) is 3.43. The zero-order valence-corrected chi connectivity index (χ0v) is 13.0. The summed E-state index contributed by atoms with van der Waals surface area (Å²) in [6, 6.07) is 7.76. The monoisotopic (exact) mass is 299 g/mol. The molecule has 0 radical (unpaired) electrons. The highest BCUT2D eigenvalue weighted by atomic mass is 16.1. The van der Waals surface area contributed by atoms with E-state index in [2.05, 4.69) is 10.4 Å². The van der Waals surface area contributed by atoms with E-state index in [0.29, 0.717) is 11.4 Å². The van der Waals surface area contributed by atoms with E-state index in [4.69, 9.17) is 11.5 Å². The predicted molar refractivity (Wildman–Crippen MR) is 88.3 cm³/mol. The number of nitrogens with zero attached hydrogens (tertiary/aromatic N) is 2. The lowest BCUT2D eigenvalue weighted by Crippen LogP contribution is -2.27. The molecule has 0 atom stereocenters. The number of rotatable bonds is 4. The molecule has 0 bridgehead atoms. The van der Waals surface area contributed by atoms with Crippen molar-refractivity contribution >= 4 is 22.6 Å². The van der Waals surface area contributed by atoms with Crippen LogP contribution in [0.2, 0.25) is 0 Å². The van der Waals surface area contributed by atoms with Gasteiger partial charge in [0, 0.05) is 12.4 Å². The number of para-hydroxylation sites is 1. The SMILES string of the molecule is CNC(=O)/C(N)=C(/C=C(\N)n1ncc2ccccc21)C(C)C. The Balaban J connectivity index is 2.51. The van der Waals surface area contributed by atoms with E-state index in [1.54, 1.807) is 24.0 Å². The molecule has 0 fully saturated rings. The molecule has 2 aromatic rings. The Morgan fingerprint density at radius 2 is 2.00 bits per heavy atom. The van der Waals surface area contributed by atoms with Gasteiger partial charge in [-0.3, -0.25) is 4.79 Å². The summed E-state index contributed by atoms with van der Waals surface area (Å²) in [5.41, 5.74) is 13.8. The smallest absolute Gasteiger partial charge is 0.267 e. The van der Waals surface area contributed by atoms with E-state index < -0.39 is 0 Å². The van der Waals surface area contributed by atoms with E-state index in [-0.39, 0.29) is 17.5 Å². The van der Waals surface area contributed by atoms with Crippen molar-refractivity contribution in [3.05, 3.63) is 47.8 Å². The number of hydrogen-bond donors (Lipinski definition) is 3. The molecule has 6 nitrogen and oxygen atoms in total. The number of allylic oxidation sites excluding steroid dienone is 2. The molecule has 0 saturated carbocycles. The number of hydrogen-bond acceptors (Lipinski definition) is 4. The number of fused-ring (bicyclic) bond motifs is 1. The van der Waals surface area contributed by atoms with Crippen molar-refractivity contribution in [3.8, 4) is 0 Å². The predicted octanol–water partition coefficient (Wildman–Crippen LogP) is 1.41. The van der Waals surface area contributed by atoms with E-state index in [0.717, 1.165) is 10.9 Å². The molecule has 0 aliphatic rings. The van der Waals surface area contributed by atoms with E-state index in [9.17, 15) is 4.79 Å². The fourth-order valence-corrected chi connectivity index (χ4v) is 2.22. The first-order valence-corrected chi connectivity index (χ1v) is 7.07. The average molecular weight is 299 g/mol. The molecule has 1 amide bonds. The van der Waals surface area contributed by atoms with E-state index in [1.807, 2.05) is 38.1 Å². The van der Waals surface area contributed by atoms with Gasteiger partial charge < -0.3 is 16.8 Å². The lowest BCUT2D eigenvalue weighted by atomic mass is 10.00. The van der Waals surface area contributed by atoms with Crippen molar-refractivity contribution in [1.29, 1.82) is 0 Å². The minimum atomic E-state index is -0.321. The highest BCUT2D eigenvalue weighted by molar-refractivity contribution is 5.93. The van der Waals surface area contributed by atoms with Crippen molar-refractivity contribution < 1.29 is 4.79 Å². The molecule has 0 aliphatic carbocycles. The van der Waals surface area contributed by atoms with Crippen LogP contribution < -0.4 is 16.8 Å². The van der Waals surface area contributed by atoms with Crippen LogP contribution in [-0.2, 0) is 4.79 Å². The average Bonchev–Trinajstić information content (AvgIpc) is 2.94. The third-order valence-electron chi connectivity index (χ3n) is 3.43. The Morgan fingerprint density at radius 1 is 1.32 bits per heavy atom. The van der Waals surface area contributed by atoms with Crippen molar-refractivity contribution in [2.75, 3.05) is 7.05 Å². The number of benzene rings is 1. The molecule has 0 aliphatic heterocycles. The quantitative estimate of drug-likeness (QED) is 0.587. The fourth-order valence-electron chi connectivity index (χ4n) is 2.22. The summed E-state index contributed by atoms with van der Waals surface area (Å²) in [7, 11) is 1.54. The van der Waals surface area contributed by atoms with Crippen LogP contribution in [0, 0.1) is 5.92 Å². The van der Waals surface area contributed by atoms with E-state index >= 15 is 0 Å². The second-order valence-electron chi connectivity index (χ2n) is 5.29. The molecule has 1 heterocycles. The van der Waals surface area contributed by atoms with Crippen LogP contribution >= 0.6 is 0 Å². The molecule has 116 valence electrons. The van der Waals surface area contributed by atoms with Gasteiger partial charge in [0.25, 0.3) is 5.91 Å². The Bertz CT molecular complexity index is 755. The van der Waals surface area contributed by atoms with Gasteiger partial charge in [-0.2, -0.15) is 5.10 Å². The summed E-state index contributed by atoms with van der Waals surface area (Å²) in [6.45, 7) is 3.91. The number of nitrogens with two attached hydrogens (primary N) is 2. The van der Waals surface area contributed by atoms with Gasteiger partial charge in [-0.1, -0.05) is 32.0 Å². The number of likely N-dealkylation sites (N-methyl/N-ethyl adjacent to an activating group) is 1. The minimum Gasteiger partial charge on any atom is -0.394 e. The Labute approximate surface area is 129 Å². The largest absolute Gasteiger partial charge is 0.394 e. The van der Waals surface area contributed by atoms with Crippen molar-refractivity contribution in [3.63, 3.8) is 0 Å². The standard InChI is InChI=1S/C16H21N5O/c1-10(2)12(15(18)16(22)19-3)8-14(17)21-13-7-5-4-6-11(13)9-20-21/h4-10H,17-18H2,1-3H3,(H,19,22)/b14-8+,15-12+. The Morgan fingerprint density at radius 3 is 2.64 bits per heavy atom. The number of aromatic nitrogens is 2. The number of carbonyl (C=O) groups excluding carboxylic acids is 1. The summed E-state index contributed by atoms with van der Waals surface area (Å²) < 4.78 is 1.63. The van der Waals surface area contributed by atoms with Crippen molar-refractivity contribution in [2.45, 2.75) is 13.8 Å². The molecular formula is C16H21N5O. The number of carbonyl (C=O) groups is 1. The molecule has 0 unspecified atom stereocenters. The molecule has 1 aromatic carbocycles. The first-order chi connectivity index (χ1) is 10.5. The normalized spacial score (nSPS) is 13.4. The van der Waals surface area contributed by atoms with Crippen LogP contribution in [0.1, 0.15) is 13.8 Å². The molecule has 22 heavy (non-hydrogen) atoms. The van der Waals surface area contributed by atoms with Crippen LogP contribution in [0.25, 0.3) is 16.7 Å². The van der Waals surface area contributed by atoms with Crippen molar-refractivity contribution in [2.24, 2.45) is 17.4 Å². The van der Waals surface area contributed by atoms with Gasteiger partial charge in [0.15, 0.2) is 0 Å². The lowest BCUT2D eigenvalue weighted by molar-refractivity contribution is -0.117. The molecule has 0 saturated heterocycles. The van der Waals surface area contributed by atoms with Crippen LogP contribution in [-0.4, -0.2) is 22.7 Å². The summed E-state index contributed by atoms with van der Waals surface area (Å²) in [5.74, 6) is 0.146. The zero-order chi connectivity index (χ0) is 16.3. The summed E-state index contributed by atoms with van der Waals surface area (Å²) in [5, 5.41) is 7.81. The first kappa shape index (κ1) is 15.6. The molecule has 6 heteroatoms. The highest BCUT2D eigenvalue weighted by Gasteiger charge is 2.13. The maximum Gasteiger partial charge on any atom is 0.267 e. The van der Waals surface area contributed by atoms with Crippen LogP contribution in [0.15, 0.2) is 47.8 Å². The van der Waals surface area contributed by atoms with Gasteiger partial charge in [0.2, 0.25) is 0 Å². The van der Waals surface area contributed by atoms with Gasteiger partial charge >= 0.3 is 0 Å². The maximum absolute atomic E-state index is 11.8. The molecule has 5 N–H and O–H groups in total. The van der Waals surface area contributed by atoms with Gasteiger partial charge in [0.05, 0.1) is 11.7 Å². The number of nitrogens with one attached hydrogen (secondary N) is 1. The molecular weight excluding hydrogens is 278 g/mol. The molecule has 0 spiro atoms. The second kappa shape index (κ2) is 6.34. The van der Waals surface area contributed by atoms with Crippen molar-refractivity contribution in [1.82, 2.24) is 15.1 Å². The first-order valence-electron chi connectivity index (χ1n) is 7.07. The van der Waals surface area contributed by atoms with Crippen LogP contribution in [0.5, 0.6) is 0 Å². The molecule has 2 rings (SSSR count). The Hall–Kier alpha value is -2.76. The topological polar surface area (TPSA) is 99.0 Å². The van der Waals surface area contributed by atoms with Gasteiger partial charge in [0.1, 0.15) is 11.5 Å². The molecule has 1 aromatic heterocycles. The van der Waals surface area contributed by atoms with Gasteiger partial charge in [-0.25, -0.2) is 4.68 Å². The van der Waals surface area contributed by atoms with Gasteiger partial charge in [-0.15, -0.1) is 0 Å². The summed E-state index contributed by atoms with van der Waals surface area (Å²) in [4.78, 5) is 11.8. The van der Waals surface area contributed by atoms with Gasteiger partial charge in [-0.05, 0) is 23.6 Å². The lowest BCUT2D eigenvalue weighted by Gasteiger charge is -2.13. The maximum atomic E-state index is 11.8. The Kier molecular flexibility index (Phi) is 4.50. The fraction of sp³-hybridized carbons (Fsp3) is 0.250. The van der Waals surface area contributed by atoms with Crippen LogP contribution in [0.4, 0.5) is 0 Å². The zero-order valence-electron chi connectivity index (χ0n) is 13.0. The number of amides is 1. The third kappa shape index (κ3) is 2.95.